The molecule has 1 heterocycles. The van der Waals surface area contributed by atoms with Crippen LogP contribution in [-0.4, -0.2) is 26.7 Å². The number of nitrogens with one attached hydrogen (secondary N) is 1. The molecule has 0 amide bonds. The first kappa shape index (κ1) is 18.9. The molecule has 1 aromatic carbocycles. The van der Waals surface area contributed by atoms with Crippen molar-refractivity contribution in [3.8, 4) is 5.75 Å². The Morgan fingerprint density at radius 2 is 1.96 bits per heavy atom. The highest BCUT2D eigenvalue weighted by Gasteiger charge is 2.47. The minimum atomic E-state index is -3.77. The van der Waals surface area contributed by atoms with Gasteiger partial charge in [-0.3, -0.25) is 0 Å². The molecular weight excluding hydrogens is 354 g/mol. The van der Waals surface area contributed by atoms with E-state index in [1.54, 1.807) is 24.3 Å². The molecule has 0 bridgehead atoms. The van der Waals surface area contributed by atoms with E-state index in [1.165, 1.54) is 6.26 Å². The number of aryl methyl sites for hydroxylation is 2. The van der Waals surface area contributed by atoms with Crippen LogP contribution >= 0.6 is 0 Å². The molecule has 142 valence electrons. The predicted molar refractivity (Wildman–Crippen MR) is 97.6 cm³/mol. The van der Waals surface area contributed by atoms with Crippen LogP contribution in [0.5, 0.6) is 5.75 Å². The predicted octanol–water partition coefficient (Wildman–Crippen LogP) is 2.87. The smallest absolute Gasteiger partial charge is 0.240 e. The number of sulfonamides is 1. The Morgan fingerprint density at radius 1 is 1.31 bits per heavy atom. The van der Waals surface area contributed by atoms with E-state index in [4.69, 9.17) is 9.15 Å². The van der Waals surface area contributed by atoms with Crippen molar-refractivity contribution in [3.63, 3.8) is 0 Å². The molecule has 1 unspecified atom stereocenters. The summed E-state index contributed by atoms with van der Waals surface area (Å²) >= 11 is 0. The van der Waals surface area contributed by atoms with Crippen molar-refractivity contribution >= 4 is 10.0 Å². The zero-order chi connectivity index (χ0) is 18.9. The van der Waals surface area contributed by atoms with Crippen LogP contribution in [-0.2, 0) is 15.6 Å². The fourth-order valence-corrected chi connectivity index (χ4v) is 4.49. The molecule has 6 nitrogen and oxygen atoms in total. The third-order valence-corrected chi connectivity index (χ3v) is 6.15. The molecule has 3 rings (SSSR count). The molecule has 2 aromatic rings. The van der Waals surface area contributed by atoms with Gasteiger partial charge in [0, 0.05) is 6.54 Å². The third kappa shape index (κ3) is 3.65. The SMILES string of the molecule is CCOc1c(C)cc(S(=O)(=O)NCC(O)(c2ccco2)C2CC2)cc1C. The van der Waals surface area contributed by atoms with Crippen molar-refractivity contribution < 1.29 is 22.7 Å². The molecule has 1 saturated carbocycles. The average Bonchev–Trinajstić information content (AvgIpc) is 3.31. The van der Waals surface area contributed by atoms with Gasteiger partial charge >= 0.3 is 0 Å². The van der Waals surface area contributed by atoms with Gasteiger partial charge < -0.3 is 14.3 Å². The minimum absolute atomic E-state index is 0.000141. The van der Waals surface area contributed by atoms with Gasteiger partial charge in [0.05, 0.1) is 17.8 Å². The van der Waals surface area contributed by atoms with E-state index in [1.807, 2.05) is 20.8 Å². The Hall–Kier alpha value is -1.83. The summed E-state index contributed by atoms with van der Waals surface area (Å²) in [7, 11) is -3.77. The largest absolute Gasteiger partial charge is 0.493 e. The van der Waals surface area contributed by atoms with E-state index in [2.05, 4.69) is 4.72 Å². The van der Waals surface area contributed by atoms with Crippen molar-refractivity contribution in [1.29, 1.82) is 0 Å². The molecule has 0 spiro atoms. The molecule has 1 aliphatic carbocycles. The number of aliphatic hydroxyl groups is 1. The molecule has 2 N–H and O–H groups in total. The second kappa shape index (κ2) is 7.06. The van der Waals surface area contributed by atoms with Gasteiger partial charge in [-0.15, -0.1) is 0 Å². The van der Waals surface area contributed by atoms with E-state index in [-0.39, 0.29) is 17.4 Å². The lowest BCUT2D eigenvalue weighted by Gasteiger charge is -2.26. The van der Waals surface area contributed by atoms with Crippen molar-refractivity contribution in [1.82, 2.24) is 4.72 Å². The van der Waals surface area contributed by atoms with Crippen molar-refractivity contribution in [2.75, 3.05) is 13.2 Å². The highest BCUT2D eigenvalue weighted by atomic mass is 32.2. The Kier molecular flexibility index (Phi) is 5.14. The molecule has 1 aliphatic rings. The highest BCUT2D eigenvalue weighted by Crippen LogP contribution is 2.45. The number of hydrogen-bond acceptors (Lipinski definition) is 5. The Bertz CT molecular complexity index is 848. The van der Waals surface area contributed by atoms with Gasteiger partial charge in [0.15, 0.2) is 0 Å². The molecule has 0 aliphatic heterocycles. The van der Waals surface area contributed by atoms with Gasteiger partial charge in [-0.25, -0.2) is 13.1 Å². The lowest BCUT2D eigenvalue weighted by atomic mass is 9.95. The van der Waals surface area contributed by atoms with Gasteiger partial charge in [0.25, 0.3) is 0 Å². The number of rotatable bonds is 8. The number of benzene rings is 1. The molecule has 1 aromatic heterocycles. The van der Waals surface area contributed by atoms with Crippen molar-refractivity contribution in [2.45, 2.75) is 44.1 Å². The number of furan rings is 1. The van der Waals surface area contributed by atoms with Gasteiger partial charge in [-0.05, 0) is 74.9 Å². The Labute approximate surface area is 154 Å². The summed E-state index contributed by atoms with van der Waals surface area (Å²) in [6.07, 6.45) is 3.18. The quantitative estimate of drug-likeness (QED) is 0.736. The number of hydrogen-bond donors (Lipinski definition) is 2. The molecule has 7 heteroatoms. The maximum absolute atomic E-state index is 12.8. The molecular formula is C19H25NO5S. The maximum atomic E-state index is 12.8. The summed E-state index contributed by atoms with van der Waals surface area (Å²) in [6, 6.07) is 6.54. The fraction of sp³-hybridized carbons (Fsp3) is 0.474. The average molecular weight is 379 g/mol. The highest BCUT2D eigenvalue weighted by molar-refractivity contribution is 7.89. The lowest BCUT2D eigenvalue weighted by molar-refractivity contribution is -0.00224. The van der Waals surface area contributed by atoms with Crippen LogP contribution < -0.4 is 9.46 Å². The first-order valence-corrected chi connectivity index (χ1v) is 10.3. The first-order chi connectivity index (χ1) is 12.3. The number of ether oxygens (including phenoxy) is 1. The van der Waals surface area contributed by atoms with Gasteiger partial charge in [-0.1, -0.05) is 0 Å². The van der Waals surface area contributed by atoms with Crippen molar-refractivity contribution in [3.05, 3.63) is 47.4 Å². The van der Waals surface area contributed by atoms with Crippen LogP contribution in [0.25, 0.3) is 0 Å². The molecule has 1 fully saturated rings. The summed E-state index contributed by atoms with van der Waals surface area (Å²) in [5, 5.41) is 11.0. The zero-order valence-electron chi connectivity index (χ0n) is 15.3. The summed E-state index contributed by atoms with van der Waals surface area (Å²) < 4.78 is 39.0. The lowest BCUT2D eigenvalue weighted by Crippen LogP contribution is -2.42. The van der Waals surface area contributed by atoms with Crippen LogP contribution in [0.2, 0.25) is 0 Å². The van der Waals surface area contributed by atoms with Crippen LogP contribution in [0.4, 0.5) is 0 Å². The standard InChI is InChI=1S/C19H25NO5S/c1-4-24-18-13(2)10-16(11-14(18)3)26(22,23)20-12-19(21,15-7-8-15)17-6-5-9-25-17/h5-6,9-11,15,20-21H,4,7-8,12H2,1-3H3. The summed E-state index contributed by atoms with van der Waals surface area (Å²) in [5.41, 5.74) is 0.192. The Balaban J connectivity index is 1.83. The van der Waals surface area contributed by atoms with Crippen molar-refractivity contribution in [2.24, 2.45) is 5.92 Å². The van der Waals surface area contributed by atoms with Gasteiger partial charge in [0.1, 0.15) is 17.1 Å². The van der Waals surface area contributed by atoms with Crippen LogP contribution in [0.1, 0.15) is 36.7 Å². The molecule has 0 radical (unpaired) electrons. The monoisotopic (exact) mass is 379 g/mol. The van der Waals surface area contributed by atoms with Crippen LogP contribution in [0, 0.1) is 19.8 Å². The van der Waals surface area contributed by atoms with E-state index < -0.39 is 15.6 Å². The Morgan fingerprint density at radius 3 is 2.46 bits per heavy atom. The third-order valence-electron chi connectivity index (χ3n) is 4.77. The first-order valence-electron chi connectivity index (χ1n) is 8.78. The second-order valence-corrected chi connectivity index (χ2v) is 8.59. The molecule has 1 atom stereocenters. The summed E-state index contributed by atoms with van der Waals surface area (Å²) in [4.78, 5) is 0.161. The molecule has 0 saturated heterocycles. The maximum Gasteiger partial charge on any atom is 0.240 e. The topological polar surface area (TPSA) is 88.8 Å². The second-order valence-electron chi connectivity index (χ2n) is 6.82. The van der Waals surface area contributed by atoms with E-state index >= 15 is 0 Å². The van der Waals surface area contributed by atoms with Crippen LogP contribution in [0.15, 0.2) is 39.8 Å². The molecule has 26 heavy (non-hydrogen) atoms. The summed E-state index contributed by atoms with van der Waals surface area (Å²) in [5.74, 6) is 1.10. The minimum Gasteiger partial charge on any atom is -0.493 e. The van der Waals surface area contributed by atoms with E-state index in [0.717, 1.165) is 24.0 Å². The zero-order valence-corrected chi connectivity index (χ0v) is 16.1. The van der Waals surface area contributed by atoms with E-state index in [0.29, 0.717) is 18.1 Å². The van der Waals surface area contributed by atoms with E-state index in [9.17, 15) is 13.5 Å². The van der Waals surface area contributed by atoms with Gasteiger partial charge in [0.2, 0.25) is 10.0 Å². The normalized spacial score (nSPS) is 17.1. The fourth-order valence-electron chi connectivity index (χ4n) is 3.24. The van der Waals surface area contributed by atoms with Crippen LogP contribution in [0.3, 0.4) is 0 Å². The van der Waals surface area contributed by atoms with Gasteiger partial charge in [-0.2, -0.15) is 0 Å². The summed E-state index contributed by atoms with van der Waals surface area (Å²) in [6.45, 7) is 5.92.